The zero-order valence-corrected chi connectivity index (χ0v) is 17.4. The summed E-state index contributed by atoms with van der Waals surface area (Å²) in [5, 5.41) is 24.3. The molecular weight excluding hydrogens is 392 g/mol. The molecule has 1 aliphatic rings. The van der Waals surface area contributed by atoms with E-state index in [-0.39, 0.29) is 5.91 Å². The van der Waals surface area contributed by atoms with E-state index in [9.17, 15) is 9.90 Å². The highest BCUT2D eigenvalue weighted by Crippen LogP contribution is 2.41. The van der Waals surface area contributed by atoms with Gasteiger partial charge < -0.3 is 10.4 Å². The van der Waals surface area contributed by atoms with Crippen LogP contribution < -0.4 is 5.32 Å². The largest absolute Gasteiger partial charge is 0.507 e. The monoisotopic (exact) mass is 414 g/mol. The smallest absolute Gasteiger partial charge is 0.230 e. The van der Waals surface area contributed by atoms with Gasteiger partial charge in [0.2, 0.25) is 5.91 Å². The third-order valence-electron chi connectivity index (χ3n) is 4.69. The summed E-state index contributed by atoms with van der Waals surface area (Å²) < 4.78 is 2.18. The molecule has 0 spiro atoms. The lowest BCUT2D eigenvalue weighted by atomic mass is 10.1. The third kappa shape index (κ3) is 4.07. The average molecular weight is 415 g/mol. The Hall–Kier alpha value is -2.32. The Bertz CT molecular complexity index is 971. The summed E-state index contributed by atoms with van der Waals surface area (Å²) in [7, 11) is 0. The molecule has 0 unspecified atom stereocenters. The number of phenols is 1. The summed E-state index contributed by atoms with van der Waals surface area (Å²) in [6.07, 6.45) is 2.27. The van der Waals surface area contributed by atoms with Gasteiger partial charge in [0, 0.05) is 12.6 Å². The Morgan fingerprint density at radius 3 is 2.71 bits per heavy atom. The van der Waals surface area contributed by atoms with Crippen molar-refractivity contribution in [1.29, 1.82) is 0 Å². The Labute approximate surface area is 172 Å². The molecule has 4 rings (SSSR count). The maximum atomic E-state index is 12.3. The Morgan fingerprint density at radius 1 is 1.32 bits per heavy atom. The third-order valence-corrected chi connectivity index (χ3v) is 6.50. The number of aryl methyl sites for hydroxylation is 2. The Balaban J connectivity index is 1.38. The highest BCUT2D eigenvalue weighted by Gasteiger charge is 2.30. The maximum Gasteiger partial charge on any atom is 0.230 e. The van der Waals surface area contributed by atoms with Crippen molar-refractivity contribution in [2.45, 2.75) is 44.4 Å². The number of nitrogens with one attached hydrogen (secondary N) is 1. The first-order valence-electron chi connectivity index (χ1n) is 9.20. The molecule has 28 heavy (non-hydrogen) atoms. The van der Waals surface area contributed by atoms with Crippen molar-refractivity contribution < 1.29 is 9.90 Å². The first kappa shape index (κ1) is 19.0. The number of amides is 1. The van der Waals surface area contributed by atoms with Crippen molar-refractivity contribution in [1.82, 2.24) is 20.1 Å². The topological polar surface area (TPSA) is 80.0 Å². The highest BCUT2D eigenvalue weighted by atomic mass is 32.2. The van der Waals surface area contributed by atoms with Gasteiger partial charge in [-0.3, -0.25) is 9.36 Å². The van der Waals surface area contributed by atoms with Gasteiger partial charge in [-0.25, -0.2) is 0 Å². The molecule has 1 amide bonds. The van der Waals surface area contributed by atoms with Gasteiger partial charge in [0.05, 0.1) is 10.6 Å². The molecule has 0 saturated heterocycles. The zero-order valence-electron chi connectivity index (χ0n) is 15.8. The predicted octanol–water partition coefficient (Wildman–Crippen LogP) is 4.07. The van der Waals surface area contributed by atoms with Gasteiger partial charge in [-0.1, -0.05) is 30.0 Å². The number of hydrogen-bond donors (Lipinski definition) is 2. The molecule has 1 fully saturated rings. The molecule has 0 aliphatic heterocycles. The molecule has 1 aromatic carbocycles. The number of thiophene rings is 1. The van der Waals surface area contributed by atoms with Crippen LogP contribution in [0.1, 0.15) is 35.6 Å². The van der Waals surface area contributed by atoms with Crippen LogP contribution in [0.5, 0.6) is 5.75 Å². The van der Waals surface area contributed by atoms with E-state index in [0.717, 1.165) is 45.4 Å². The molecule has 2 N–H and O–H groups in total. The second kappa shape index (κ2) is 7.97. The number of carbonyl (C=O) groups excluding carboxylic acids is 1. The van der Waals surface area contributed by atoms with Gasteiger partial charge in [-0.05, 0) is 54.8 Å². The normalized spacial score (nSPS) is 13.6. The number of nitrogens with zero attached hydrogens (tertiary/aromatic N) is 3. The van der Waals surface area contributed by atoms with E-state index in [1.807, 2.05) is 37.4 Å². The summed E-state index contributed by atoms with van der Waals surface area (Å²) in [5.74, 6) is 1.46. The van der Waals surface area contributed by atoms with Crippen LogP contribution in [-0.4, -0.2) is 31.5 Å². The number of phenolic OH excluding ortho intramolecular Hbond substituents is 1. The lowest BCUT2D eigenvalue weighted by molar-refractivity contribution is -0.118. The Kier molecular flexibility index (Phi) is 5.41. The summed E-state index contributed by atoms with van der Waals surface area (Å²) in [6.45, 7) is 4.16. The van der Waals surface area contributed by atoms with Crippen LogP contribution in [0.4, 0.5) is 0 Å². The number of hydrogen-bond acceptors (Lipinski definition) is 6. The molecular formula is C20H22N4O2S2. The van der Waals surface area contributed by atoms with E-state index in [1.54, 1.807) is 11.3 Å². The number of rotatable bonds is 7. The highest BCUT2D eigenvalue weighted by molar-refractivity contribution is 7.99. The second-order valence-corrected chi connectivity index (χ2v) is 8.92. The van der Waals surface area contributed by atoms with Crippen molar-refractivity contribution in [3.05, 3.63) is 46.3 Å². The first-order chi connectivity index (χ1) is 13.5. The summed E-state index contributed by atoms with van der Waals surface area (Å²) in [5.41, 5.74) is 2.61. The number of aromatic hydroxyl groups is 1. The molecule has 0 bridgehead atoms. The quantitative estimate of drug-likeness (QED) is 0.570. The van der Waals surface area contributed by atoms with Gasteiger partial charge >= 0.3 is 0 Å². The molecule has 0 radical (unpaired) electrons. The van der Waals surface area contributed by atoms with Crippen molar-refractivity contribution in [3.63, 3.8) is 0 Å². The van der Waals surface area contributed by atoms with Crippen LogP contribution in [0.25, 0.3) is 10.7 Å². The van der Waals surface area contributed by atoms with E-state index in [1.165, 1.54) is 11.8 Å². The van der Waals surface area contributed by atoms with Gasteiger partial charge in [-0.2, -0.15) is 0 Å². The van der Waals surface area contributed by atoms with Gasteiger partial charge in [0.15, 0.2) is 11.0 Å². The molecule has 2 aromatic heterocycles. The molecule has 1 aliphatic carbocycles. The lowest BCUT2D eigenvalue weighted by Gasteiger charge is -2.10. The van der Waals surface area contributed by atoms with Crippen molar-refractivity contribution in [2.24, 2.45) is 0 Å². The fourth-order valence-corrected chi connectivity index (χ4v) is 4.68. The van der Waals surface area contributed by atoms with Gasteiger partial charge in [0.1, 0.15) is 5.75 Å². The first-order valence-corrected chi connectivity index (χ1v) is 11.1. The number of benzene rings is 1. The van der Waals surface area contributed by atoms with E-state index in [0.29, 0.717) is 24.1 Å². The molecule has 1 saturated carbocycles. The Morgan fingerprint density at radius 2 is 2.07 bits per heavy atom. The van der Waals surface area contributed by atoms with Crippen molar-refractivity contribution in [2.75, 3.05) is 5.75 Å². The fourth-order valence-electron chi connectivity index (χ4n) is 3.14. The number of aromatic nitrogens is 3. The van der Waals surface area contributed by atoms with E-state index in [2.05, 4.69) is 26.1 Å². The van der Waals surface area contributed by atoms with Crippen LogP contribution in [-0.2, 0) is 11.3 Å². The van der Waals surface area contributed by atoms with Crippen molar-refractivity contribution >= 4 is 29.0 Å². The average Bonchev–Trinajstić information content (AvgIpc) is 3.19. The van der Waals surface area contributed by atoms with Crippen LogP contribution in [0.2, 0.25) is 0 Å². The van der Waals surface area contributed by atoms with E-state index >= 15 is 0 Å². The van der Waals surface area contributed by atoms with Crippen LogP contribution in [0.3, 0.4) is 0 Å². The minimum atomic E-state index is -0.0450. The summed E-state index contributed by atoms with van der Waals surface area (Å²) >= 11 is 3.08. The minimum absolute atomic E-state index is 0.0450. The fraction of sp³-hybridized carbons (Fsp3) is 0.350. The zero-order chi connectivity index (χ0) is 19.7. The van der Waals surface area contributed by atoms with Gasteiger partial charge in [0.25, 0.3) is 0 Å². The van der Waals surface area contributed by atoms with Crippen LogP contribution >= 0.6 is 23.1 Å². The maximum absolute atomic E-state index is 12.3. The summed E-state index contributed by atoms with van der Waals surface area (Å²) in [4.78, 5) is 13.4. The standard InChI is InChI=1S/C20H22N4O2S2/c1-12-8-14(9-13(2)18(12)26)10-21-17(25)11-28-20-23-22-19(16-4-3-7-27-16)24(20)15-5-6-15/h3-4,7-9,15,26H,5-6,10-11H2,1-2H3,(H,21,25). The predicted molar refractivity (Wildman–Crippen MR) is 112 cm³/mol. The number of thioether (sulfide) groups is 1. The molecule has 3 aromatic rings. The molecule has 146 valence electrons. The molecule has 8 heteroatoms. The van der Waals surface area contributed by atoms with Crippen molar-refractivity contribution in [3.8, 4) is 16.5 Å². The minimum Gasteiger partial charge on any atom is -0.507 e. The molecule has 6 nitrogen and oxygen atoms in total. The summed E-state index contributed by atoms with van der Waals surface area (Å²) in [6, 6.07) is 8.30. The molecule has 2 heterocycles. The van der Waals surface area contributed by atoms with Crippen LogP contribution in [0, 0.1) is 13.8 Å². The second-order valence-electron chi connectivity index (χ2n) is 7.03. The van der Waals surface area contributed by atoms with E-state index < -0.39 is 0 Å². The van der Waals surface area contributed by atoms with Gasteiger partial charge in [-0.15, -0.1) is 21.5 Å². The van der Waals surface area contributed by atoms with E-state index in [4.69, 9.17) is 0 Å². The number of carbonyl (C=O) groups is 1. The SMILES string of the molecule is Cc1cc(CNC(=O)CSc2nnc(-c3cccs3)n2C2CC2)cc(C)c1O. The molecule has 0 atom stereocenters. The van der Waals surface area contributed by atoms with Crippen LogP contribution in [0.15, 0.2) is 34.8 Å². The lowest BCUT2D eigenvalue weighted by Crippen LogP contribution is -2.24.